The Bertz CT molecular complexity index is 2670. The molecule has 2 saturated carbocycles. The Balaban J connectivity index is 0.000000228. The molecular formula is C48H60N8O10S2. The maximum atomic E-state index is 13.2. The number of hydrogen-bond donors (Lipinski definition) is 5. The topological polar surface area (TPSA) is 252 Å². The highest BCUT2D eigenvalue weighted by molar-refractivity contribution is 7.90. The number of urea groups is 2. The minimum atomic E-state index is -4.03. The molecular weight excluding hydrogens is 913 g/mol. The summed E-state index contributed by atoms with van der Waals surface area (Å²) in [5, 5.41) is 8.22. The van der Waals surface area contributed by atoms with Gasteiger partial charge in [-0.3, -0.25) is 24.3 Å². The number of imide groups is 1. The van der Waals surface area contributed by atoms with Crippen LogP contribution in [-0.4, -0.2) is 93.8 Å². The smallest absolute Gasteiger partial charge is 0.328 e. The molecule has 1 aliphatic heterocycles. The van der Waals surface area contributed by atoms with Gasteiger partial charge in [-0.05, 0) is 112 Å². The second kappa shape index (κ2) is 22.6. The van der Waals surface area contributed by atoms with Crippen LogP contribution in [-0.2, 0) is 43.1 Å². The largest absolute Gasteiger partial charge is 0.497 e. The predicted molar refractivity (Wildman–Crippen MR) is 253 cm³/mol. The van der Waals surface area contributed by atoms with Crippen molar-refractivity contribution in [2.45, 2.75) is 125 Å². The van der Waals surface area contributed by atoms with Crippen LogP contribution in [0.15, 0.2) is 88.9 Å². The number of fused-ring (bicyclic) bond motifs is 1. The summed E-state index contributed by atoms with van der Waals surface area (Å²) < 4.78 is 59.6. The van der Waals surface area contributed by atoms with Gasteiger partial charge in [0.2, 0.25) is 5.91 Å². The van der Waals surface area contributed by atoms with Crippen molar-refractivity contribution in [2.24, 2.45) is 0 Å². The van der Waals surface area contributed by atoms with Crippen molar-refractivity contribution < 1.29 is 45.5 Å². The number of carbonyl (C=O) groups excluding carboxylic acids is 5. The van der Waals surface area contributed by atoms with Gasteiger partial charge in [-0.1, -0.05) is 68.9 Å². The molecule has 20 heteroatoms. The molecule has 2 fully saturated rings. The number of aryl methyl sites for hydroxylation is 1. The van der Waals surface area contributed by atoms with Gasteiger partial charge < -0.3 is 20.7 Å². The lowest BCUT2D eigenvalue weighted by molar-refractivity contribution is -0.134. The molecule has 0 atom stereocenters. The minimum Gasteiger partial charge on any atom is -0.497 e. The van der Waals surface area contributed by atoms with Gasteiger partial charge in [0.15, 0.2) is 0 Å². The molecule has 3 aromatic carbocycles. The molecule has 2 heterocycles. The monoisotopic (exact) mass is 972 g/mol. The first-order valence-corrected chi connectivity index (χ1v) is 25.8. The number of amides is 7. The van der Waals surface area contributed by atoms with E-state index in [0.29, 0.717) is 36.3 Å². The van der Waals surface area contributed by atoms with Crippen LogP contribution in [0.5, 0.6) is 5.75 Å². The van der Waals surface area contributed by atoms with Crippen LogP contribution in [0.4, 0.5) is 9.59 Å². The number of carbonyl (C=O) groups is 5. The maximum absolute atomic E-state index is 13.2. The summed E-state index contributed by atoms with van der Waals surface area (Å²) in [6, 6.07) is 16.0. The second-order valence-electron chi connectivity index (χ2n) is 17.7. The first kappa shape index (κ1) is 51.0. The van der Waals surface area contributed by atoms with Crippen molar-refractivity contribution in [3.63, 3.8) is 0 Å². The molecule has 4 aromatic rings. The molecule has 68 heavy (non-hydrogen) atoms. The molecule has 5 N–H and O–H groups in total. The minimum absolute atomic E-state index is 0.00834. The molecule has 0 spiro atoms. The number of aromatic nitrogens is 2. The summed E-state index contributed by atoms with van der Waals surface area (Å²) in [6.07, 6.45) is 13.6. The molecule has 1 aromatic heterocycles. The molecule has 0 saturated heterocycles. The van der Waals surface area contributed by atoms with Gasteiger partial charge in [-0.25, -0.2) is 40.9 Å². The number of methoxy groups -OCH3 is 1. The highest BCUT2D eigenvalue weighted by Crippen LogP contribution is 2.36. The zero-order valence-electron chi connectivity index (χ0n) is 38.8. The molecule has 3 aliphatic rings. The first-order valence-electron chi connectivity index (χ1n) is 22.8. The average Bonchev–Trinajstić information content (AvgIpc) is 3.31. The van der Waals surface area contributed by atoms with Crippen molar-refractivity contribution in [3.8, 4) is 5.75 Å². The average molecular weight is 973 g/mol. The van der Waals surface area contributed by atoms with Crippen molar-refractivity contribution in [1.82, 2.24) is 40.3 Å². The SMILES string of the molecule is COc1ccc2c(c1)C(=O)N(CCc1ccc(S(=O)(=O)NC(=O)NC3CCCCC3)cc1)C(=O)C2(C)C.Cc1cnc(C(=O)NCCc2ccc(S(=O)(=O)NC(=O)NC3CCCCC3)cc2)cn1. The van der Waals surface area contributed by atoms with Gasteiger partial charge in [0, 0.05) is 36.9 Å². The van der Waals surface area contributed by atoms with E-state index < -0.39 is 37.5 Å². The summed E-state index contributed by atoms with van der Waals surface area (Å²) in [5.41, 5.74) is 2.78. The summed E-state index contributed by atoms with van der Waals surface area (Å²) in [5.74, 6) is -0.456. The highest BCUT2D eigenvalue weighted by atomic mass is 32.2. The molecule has 18 nitrogen and oxygen atoms in total. The lowest BCUT2D eigenvalue weighted by Crippen LogP contribution is -2.52. The predicted octanol–water partition coefficient (Wildman–Crippen LogP) is 5.60. The summed E-state index contributed by atoms with van der Waals surface area (Å²) in [7, 11) is -6.46. The fraction of sp³-hybridized carbons (Fsp3) is 0.438. The summed E-state index contributed by atoms with van der Waals surface area (Å²) in [6.45, 7) is 5.87. The molecule has 364 valence electrons. The Hall–Kier alpha value is -6.41. The molecule has 0 unspecified atom stereocenters. The quantitative estimate of drug-likeness (QED) is 0.0970. The van der Waals surface area contributed by atoms with Gasteiger partial charge in [0.1, 0.15) is 11.4 Å². The summed E-state index contributed by atoms with van der Waals surface area (Å²) >= 11 is 0. The van der Waals surface area contributed by atoms with Gasteiger partial charge >= 0.3 is 12.1 Å². The van der Waals surface area contributed by atoms with Gasteiger partial charge in [-0.15, -0.1) is 0 Å². The number of nitrogens with one attached hydrogen (secondary N) is 5. The van der Waals surface area contributed by atoms with Crippen molar-refractivity contribution in [3.05, 3.63) is 113 Å². The van der Waals surface area contributed by atoms with Crippen molar-refractivity contribution in [2.75, 3.05) is 20.2 Å². The Morgan fingerprint density at radius 1 is 0.706 bits per heavy atom. The Morgan fingerprint density at radius 2 is 1.22 bits per heavy atom. The Morgan fingerprint density at radius 3 is 1.71 bits per heavy atom. The van der Waals surface area contributed by atoms with Crippen LogP contribution in [0.25, 0.3) is 0 Å². The van der Waals surface area contributed by atoms with E-state index in [2.05, 4.69) is 35.4 Å². The lowest BCUT2D eigenvalue weighted by atomic mass is 9.77. The molecule has 0 bridgehead atoms. The van der Waals surface area contributed by atoms with E-state index in [1.54, 1.807) is 63.2 Å². The van der Waals surface area contributed by atoms with Crippen LogP contribution < -0.4 is 30.1 Å². The lowest BCUT2D eigenvalue weighted by Gasteiger charge is -2.37. The van der Waals surface area contributed by atoms with Crippen LogP contribution in [0.2, 0.25) is 0 Å². The normalized spacial score (nSPS) is 16.3. The summed E-state index contributed by atoms with van der Waals surface area (Å²) in [4.78, 5) is 71.9. The molecule has 0 radical (unpaired) electrons. The Labute approximate surface area is 397 Å². The van der Waals surface area contributed by atoms with E-state index in [0.717, 1.165) is 81.0 Å². The number of hydrogen-bond acceptors (Lipinski definition) is 12. The van der Waals surface area contributed by atoms with Crippen molar-refractivity contribution in [1.29, 1.82) is 0 Å². The maximum Gasteiger partial charge on any atom is 0.328 e. The Kier molecular flexibility index (Phi) is 16.9. The zero-order chi connectivity index (χ0) is 49.1. The fourth-order valence-corrected chi connectivity index (χ4v) is 10.2. The van der Waals surface area contributed by atoms with Gasteiger partial charge in [0.25, 0.3) is 31.9 Å². The van der Waals surface area contributed by atoms with E-state index in [1.165, 1.54) is 48.7 Å². The number of rotatable bonds is 14. The highest BCUT2D eigenvalue weighted by Gasteiger charge is 2.44. The fourth-order valence-electron chi connectivity index (χ4n) is 8.38. The van der Waals surface area contributed by atoms with E-state index >= 15 is 0 Å². The van der Waals surface area contributed by atoms with Gasteiger partial charge in [0.05, 0.1) is 34.2 Å². The molecule has 7 amide bonds. The van der Waals surface area contributed by atoms with E-state index in [-0.39, 0.29) is 51.8 Å². The number of benzene rings is 3. The number of nitrogens with zero attached hydrogens (tertiary/aromatic N) is 3. The molecule has 7 rings (SSSR count). The first-order chi connectivity index (χ1) is 32.4. The van der Waals surface area contributed by atoms with Crippen LogP contribution in [0, 0.1) is 6.92 Å². The third-order valence-electron chi connectivity index (χ3n) is 12.3. The van der Waals surface area contributed by atoms with E-state index in [9.17, 15) is 40.8 Å². The standard InChI is InChI=1S/C27H33N3O6S.C21H27N5O4S/c1-27(2)23-14-11-20(36-3)17-22(23)24(31)30(25(27)32)16-15-18-9-12-21(13-10-18)37(34,35)29-26(33)28-19-7-5-4-6-8-19;1-15-13-24-19(14-23-15)20(27)22-12-11-16-7-9-18(10-8-16)31(29,30)26-21(28)25-17-5-3-2-4-6-17/h9-14,17,19H,4-8,15-16H2,1-3H3,(H2,28,29,33);7-10,13-14,17H,2-6,11-12H2,1H3,(H,22,27)(H2,25,26,28). The van der Waals surface area contributed by atoms with E-state index in [4.69, 9.17) is 4.74 Å². The van der Waals surface area contributed by atoms with Crippen LogP contribution in [0.3, 0.4) is 0 Å². The third kappa shape index (κ3) is 13.4. The number of sulfonamides is 2. The van der Waals surface area contributed by atoms with Crippen LogP contribution in [0.1, 0.15) is 121 Å². The zero-order valence-corrected chi connectivity index (χ0v) is 40.4. The van der Waals surface area contributed by atoms with Crippen LogP contribution >= 0.6 is 0 Å². The third-order valence-corrected chi connectivity index (χ3v) is 15.0. The van der Waals surface area contributed by atoms with E-state index in [1.807, 2.05) is 0 Å². The van der Waals surface area contributed by atoms with Crippen molar-refractivity contribution >= 4 is 49.8 Å². The number of ether oxygens (including phenoxy) is 1. The molecule has 2 aliphatic carbocycles. The van der Waals surface area contributed by atoms with Gasteiger partial charge in [-0.2, -0.15) is 0 Å². The second-order valence-corrected chi connectivity index (χ2v) is 21.1.